The van der Waals surface area contributed by atoms with E-state index in [9.17, 15) is 13.2 Å². The molecule has 2 aliphatic rings. The molecule has 0 saturated carbocycles. The second kappa shape index (κ2) is 9.52. The van der Waals surface area contributed by atoms with Crippen LogP contribution in [0.4, 0.5) is 4.79 Å². The first-order chi connectivity index (χ1) is 13.1. The molecule has 2 amide bonds. The van der Waals surface area contributed by atoms with Gasteiger partial charge in [-0.1, -0.05) is 24.6 Å². The number of carbonyl (C=O) groups is 1. The van der Waals surface area contributed by atoms with Gasteiger partial charge in [0.15, 0.2) is 0 Å². The van der Waals surface area contributed by atoms with Gasteiger partial charge in [0.25, 0.3) is 0 Å². The van der Waals surface area contributed by atoms with Crippen LogP contribution in [-0.2, 0) is 10.0 Å². The molecule has 7 nitrogen and oxygen atoms in total. The van der Waals surface area contributed by atoms with Crippen molar-refractivity contribution in [3.8, 4) is 0 Å². The van der Waals surface area contributed by atoms with Crippen molar-refractivity contribution in [3.63, 3.8) is 0 Å². The first-order valence-electron chi connectivity index (χ1n) is 9.88. The van der Waals surface area contributed by atoms with Gasteiger partial charge in [-0.2, -0.15) is 4.31 Å². The van der Waals surface area contributed by atoms with Crippen molar-refractivity contribution in [1.82, 2.24) is 19.4 Å². The number of urea groups is 1. The van der Waals surface area contributed by atoms with Gasteiger partial charge in [0.2, 0.25) is 10.0 Å². The van der Waals surface area contributed by atoms with Gasteiger partial charge < -0.3 is 15.1 Å². The number of piperazine rings is 1. The van der Waals surface area contributed by atoms with Crippen LogP contribution in [0.2, 0.25) is 0 Å². The number of likely N-dealkylation sites (tertiary alicyclic amines) is 1. The van der Waals surface area contributed by atoms with Gasteiger partial charge >= 0.3 is 6.03 Å². The van der Waals surface area contributed by atoms with E-state index in [1.54, 1.807) is 35.2 Å². The van der Waals surface area contributed by atoms with Crippen LogP contribution in [0, 0.1) is 0 Å². The van der Waals surface area contributed by atoms with Crippen molar-refractivity contribution in [2.75, 3.05) is 52.4 Å². The lowest BCUT2D eigenvalue weighted by atomic mass is 10.1. The Labute approximate surface area is 162 Å². The molecule has 0 aromatic heterocycles. The lowest BCUT2D eigenvalue weighted by molar-refractivity contribution is 0.171. The summed E-state index contributed by atoms with van der Waals surface area (Å²) in [5, 5.41) is 2.97. The first-order valence-corrected chi connectivity index (χ1v) is 11.3. The molecule has 1 aromatic rings. The standard InChI is InChI=1S/C19H30N4O3S/c24-19(20-10-7-13-21-11-5-2-6-12-21)22-14-16-23(17-15-22)27(25,26)18-8-3-1-4-9-18/h1,3-4,8-9H,2,5-7,10-17H2,(H,20,24). The third-order valence-corrected chi connectivity index (χ3v) is 7.20. The Hall–Kier alpha value is -1.64. The Morgan fingerprint density at radius 3 is 2.26 bits per heavy atom. The number of carbonyl (C=O) groups excluding carboxylic acids is 1. The fraction of sp³-hybridized carbons (Fsp3) is 0.632. The topological polar surface area (TPSA) is 73.0 Å². The molecule has 2 heterocycles. The largest absolute Gasteiger partial charge is 0.338 e. The molecule has 2 aliphatic heterocycles. The molecule has 1 aromatic carbocycles. The van der Waals surface area contributed by atoms with Crippen LogP contribution in [0.5, 0.6) is 0 Å². The summed E-state index contributed by atoms with van der Waals surface area (Å²) in [5.74, 6) is 0. The zero-order valence-corrected chi connectivity index (χ0v) is 16.7. The van der Waals surface area contributed by atoms with E-state index in [0.29, 0.717) is 37.6 Å². The predicted octanol–water partition coefficient (Wildman–Crippen LogP) is 1.58. The number of nitrogens with zero attached hydrogens (tertiary/aromatic N) is 3. The highest BCUT2D eigenvalue weighted by atomic mass is 32.2. The number of piperidine rings is 1. The second-order valence-electron chi connectivity index (χ2n) is 7.19. The summed E-state index contributed by atoms with van der Waals surface area (Å²) < 4.78 is 26.7. The van der Waals surface area contributed by atoms with Crippen molar-refractivity contribution in [2.45, 2.75) is 30.6 Å². The highest BCUT2D eigenvalue weighted by molar-refractivity contribution is 7.89. The molecule has 0 atom stereocenters. The van der Waals surface area contributed by atoms with Crippen molar-refractivity contribution < 1.29 is 13.2 Å². The third-order valence-electron chi connectivity index (χ3n) is 5.28. The lowest BCUT2D eigenvalue weighted by Gasteiger charge is -2.34. The normalized spacial score (nSPS) is 19.8. The average molecular weight is 395 g/mol. The number of benzene rings is 1. The van der Waals surface area contributed by atoms with Gasteiger partial charge in [0.1, 0.15) is 0 Å². The van der Waals surface area contributed by atoms with Crippen molar-refractivity contribution in [3.05, 3.63) is 30.3 Å². The molecule has 0 aliphatic carbocycles. The number of nitrogens with one attached hydrogen (secondary N) is 1. The zero-order chi connectivity index (χ0) is 19.1. The average Bonchev–Trinajstić information content (AvgIpc) is 2.72. The maximum absolute atomic E-state index is 12.6. The second-order valence-corrected chi connectivity index (χ2v) is 9.13. The fourth-order valence-electron chi connectivity index (χ4n) is 3.67. The zero-order valence-electron chi connectivity index (χ0n) is 15.8. The summed E-state index contributed by atoms with van der Waals surface area (Å²) in [6, 6.07) is 8.37. The first kappa shape index (κ1) is 20.1. The van der Waals surface area contributed by atoms with E-state index in [4.69, 9.17) is 0 Å². The fourth-order valence-corrected chi connectivity index (χ4v) is 5.11. The van der Waals surface area contributed by atoms with Crippen LogP contribution >= 0.6 is 0 Å². The molecule has 8 heteroatoms. The Balaban J connectivity index is 1.39. The van der Waals surface area contributed by atoms with E-state index in [2.05, 4.69) is 10.2 Å². The number of hydrogen-bond acceptors (Lipinski definition) is 4. The minimum absolute atomic E-state index is 0.0922. The molecular weight excluding hydrogens is 364 g/mol. The van der Waals surface area contributed by atoms with Crippen LogP contribution in [0.25, 0.3) is 0 Å². The van der Waals surface area contributed by atoms with Crippen LogP contribution in [-0.4, -0.2) is 80.9 Å². The van der Waals surface area contributed by atoms with E-state index in [1.807, 2.05) is 0 Å². The molecule has 0 unspecified atom stereocenters. The van der Waals surface area contributed by atoms with Gasteiger partial charge in [-0.25, -0.2) is 13.2 Å². The van der Waals surface area contributed by atoms with Gasteiger partial charge in [-0.3, -0.25) is 0 Å². The molecule has 27 heavy (non-hydrogen) atoms. The Bertz CT molecular complexity index is 697. The van der Waals surface area contributed by atoms with Crippen molar-refractivity contribution in [1.29, 1.82) is 0 Å². The summed E-state index contributed by atoms with van der Waals surface area (Å²) in [7, 11) is -3.48. The quantitative estimate of drug-likeness (QED) is 0.744. The minimum atomic E-state index is -3.48. The number of sulfonamides is 1. The Morgan fingerprint density at radius 1 is 0.926 bits per heavy atom. The molecule has 0 radical (unpaired) electrons. The Kier molecular flexibility index (Phi) is 7.09. The summed E-state index contributed by atoms with van der Waals surface area (Å²) in [5.41, 5.74) is 0. The Morgan fingerprint density at radius 2 is 1.59 bits per heavy atom. The van der Waals surface area contributed by atoms with Crippen LogP contribution in [0.3, 0.4) is 0 Å². The molecule has 1 N–H and O–H groups in total. The van der Waals surface area contributed by atoms with E-state index >= 15 is 0 Å². The predicted molar refractivity (Wildman–Crippen MR) is 105 cm³/mol. The van der Waals surface area contributed by atoms with Crippen LogP contribution in [0.1, 0.15) is 25.7 Å². The summed E-state index contributed by atoms with van der Waals surface area (Å²) >= 11 is 0. The summed E-state index contributed by atoms with van der Waals surface area (Å²) in [4.78, 5) is 16.8. The van der Waals surface area contributed by atoms with E-state index in [1.165, 1.54) is 36.7 Å². The SMILES string of the molecule is O=C(NCCCN1CCCCC1)N1CCN(S(=O)(=O)c2ccccc2)CC1. The summed E-state index contributed by atoms with van der Waals surface area (Å²) in [6.45, 7) is 5.55. The van der Waals surface area contributed by atoms with Crippen molar-refractivity contribution >= 4 is 16.1 Å². The van der Waals surface area contributed by atoms with E-state index < -0.39 is 10.0 Å². The molecule has 2 saturated heterocycles. The van der Waals surface area contributed by atoms with E-state index in [0.717, 1.165) is 13.0 Å². The minimum Gasteiger partial charge on any atom is -0.338 e. The smallest absolute Gasteiger partial charge is 0.317 e. The highest BCUT2D eigenvalue weighted by Crippen LogP contribution is 2.17. The highest BCUT2D eigenvalue weighted by Gasteiger charge is 2.29. The lowest BCUT2D eigenvalue weighted by Crippen LogP contribution is -2.53. The maximum atomic E-state index is 12.6. The van der Waals surface area contributed by atoms with Gasteiger partial charge in [-0.05, 0) is 51.0 Å². The van der Waals surface area contributed by atoms with E-state index in [-0.39, 0.29) is 6.03 Å². The third kappa shape index (κ3) is 5.43. The molecule has 2 fully saturated rings. The van der Waals surface area contributed by atoms with Gasteiger partial charge in [0, 0.05) is 32.7 Å². The molecule has 0 bridgehead atoms. The van der Waals surface area contributed by atoms with Crippen LogP contribution < -0.4 is 5.32 Å². The molecule has 150 valence electrons. The van der Waals surface area contributed by atoms with Gasteiger partial charge in [-0.15, -0.1) is 0 Å². The summed E-state index contributed by atoms with van der Waals surface area (Å²) in [6.07, 6.45) is 4.85. The number of amides is 2. The van der Waals surface area contributed by atoms with Gasteiger partial charge in [0.05, 0.1) is 4.90 Å². The molecular formula is C19H30N4O3S. The monoisotopic (exact) mass is 394 g/mol. The molecule has 0 spiro atoms. The van der Waals surface area contributed by atoms with Crippen LogP contribution in [0.15, 0.2) is 35.2 Å². The van der Waals surface area contributed by atoms with Crippen molar-refractivity contribution in [2.24, 2.45) is 0 Å². The molecule has 3 rings (SSSR count). The number of rotatable bonds is 6. The number of hydrogen-bond donors (Lipinski definition) is 1. The maximum Gasteiger partial charge on any atom is 0.317 e.